The van der Waals surface area contributed by atoms with Crippen LogP contribution in [0.5, 0.6) is 0 Å². The molecule has 0 amide bonds. The highest BCUT2D eigenvalue weighted by Crippen LogP contribution is 2.09. The monoisotopic (exact) mass is 227 g/mol. The molecular weight excluding hydrogens is 210 g/mol. The lowest BCUT2D eigenvalue weighted by Crippen LogP contribution is -2.52. The van der Waals surface area contributed by atoms with Gasteiger partial charge in [-0.1, -0.05) is 27.3 Å². The van der Waals surface area contributed by atoms with Crippen LogP contribution in [0.2, 0.25) is 0 Å². The average Bonchev–Trinajstić information content (AvgIpc) is 2.35. The van der Waals surface area contributed by atoms with E-state index in [1.807, 2.05) is 0 Å². The van der Waals surface area contributed by atoms with E-state index >= 15 is 0 Å². The second-order valence-electron chi connectivity index (χ2n) is 5.54. The predicted molar refractivity (Wildman–Crippen MR) is 106 cm³/mol. The SMILES string of the molecule is Bc1c(B)c(B)c2c(N)c(B)c(B)c(B)c2c1B. The quantitative estimate of drug-likeness (QED) is 0.350. The third-order valence-electron chi connectivity index (χ3n) is 4.86. The Kier molecular flexibility index (Phi) is 3.17. The highest BCUT2D eigenvalue weighted by molar-refractivity contribution is 6.71. The Morgan fingerprint density at radius 3 is 1.22 bits per heavy atom. The summed E-state index contributed by atoms with van der Waals surface area (Å²) in [6.07, 6.45) is 0. The Morgan fingerprint density at radius 1 is 0.444 bits per heavy atom. The molecule has 1 nitrogen and oxygen atoms in total. The molecule has 2 N–H and O–H groups in total. The van der Waals surface area contributed by atoms with Gasteiger partial charge in [-0.25, -0.2) is 0 Å². The summed E-state index contributed by atoms with van der Waals surface area (Å²) in [6.45, 7) is 0. The molecule has 82 valence electrons. The molecule has 2 aromatic carbocycles. The summed E-state index contributed by atoms with van der Waals surface area (Å²) in [4.78, 5) is 0. The van der Waals surface area contributed by atoms with Gasteiger partial charge in [0.05, 0.1) is 0 Å². The molecule has 0 saturated carbocycles. The minimum absolute atomic E-state index is 0.955. The first-order chi connectivity index (χ1) is 8.29. The fourth-order valence-corrected chi connectivity index (χ4v) is 2.98. The van der Waals surface area contributed by atoms with Gasteiger partial charge in [0.15, 0.2) is 0 Å². The Bertz CT molecular complexity index is 567. The summed E-state index contributed by atoms with van der Waals surface area (Å²) in [5.41, 5.74) is 16.7. The number of benzene rings is 2. The number of rotatable bonds is 0. The molecule has 0 bridgehead atoms. The van der Waals surface area contributed by atoms with Crippen LogP contribution in [0.1, 0.15) is 0 Å². The van der Waals surface area contributed by atoms with Crippen LogP contribution in [-0.2, 0) is 0 Å². The molecule has 18 heavy (non-hydrogen) atoms. The molecule has 0 fully saturated rings. The maximum Gasteiger partial charge on any atom is 0.141 e. The van der Waals surface area contributed by atoms with Crippen molar-refractivity contribution in [3.63, 3.8) is 0 Å². The molecule has 0 spiro atoms. The van der Waals surface area contributed by atoms with Crippen molar-refractivity contribution in [2.45, 2.75) is 0 Å². The third kappa shape index (κ3) is 1.58. The van der Waals surface area contributed by atoms with Gasteiger partial charge in [0.25, 0.3) is 0 Å². The van der Waals surface area contributed by atoms with E-state index in [4.69, 9.17) is 5.73 Å². The summed E-state index contributed by atoms with van der Waals surface area (Å²) >= 11 is 0. The van der Waals surface area contributed by atoms with Crippen molar-refractivity contribution in [2.75, 3.05) is 5.73 Å². The molecule has 2 rings (SSSR count). The number of nitrogen functional groups attached to an aromatic ring is 1. The Balaban J connectivity index is 3.22. The first-order valence-electron chi connectivity index (χ1n) is 6.54. The molecule has 8 heteroatoms. The normalized spacial score (nSPS) is 10.9. The topological polar surface area (TPSA) is 26.0 Å². The number of anilines is 1. The maximum absolute atomic E-state index is 6.38. The predicted octanol–water partition coefficient (Wildman–Crippen LogP) is -9.77. The van der Waals surface area contributed by atoms with E-state index in [9.17, 15) is 0 Å². The van der Waals surface area contributed by atoms with Crippen LogP contribution < -0.4 is 44.0 Å². The van der Waals surface area contributed by atoms with E-state index in [2.05, 4.69) is 54.9 Å². The lowest BCUT2D eigenvalue weighted by Gasteiger charge is -2.22. The average molecular weight is 226 g/mol. The van der Waals surface area contributed by atoms with Crippen LogP contribution >= 0.6 is 0 Å². The van der Waals surface area contributed by atoms with E-state index in [-0.39, 0.29) is 0 Å². The van der Waals surface area contributed by atoms with Crippen LogP contribution in [0, 0.1) is 0 Å². The minimum Gasteiger partial charge on any atom is -0.399 e. The molecule has 0 unspecified atom stereocenters. The molecule has 0 aliphatic heterocycles. The van der Waals surface area contributed by atoms with Gasteiger partial charge < -0.3 is 5.73 Å². The second kappa shape index (κ2) is 4.26. The fourth-order valence-electron chi connectivity index (χ4n) is 2.98. The van der Waals surface area contributed by atoms with Crippen LogP contribution in [0.4, 0.5) is 5.69 Å². The Labute approximate surface area is 116 Å². The largest absolute Gasteiger partial charge is 0.399 e. The van der Waals surface area contributed by atoms with Crippen molar-refractivity contribution >= 4 is 110 Å². The number of nitrogens with two attached hydrogens (primary N) is 1. The first kappa shape index (κ1) is 13.4. The zero-order valence-corrected chi connectivity index (χ0v) is 12.6. The number of hydrogen-bond acceptors (Lipinski definition) is 1. The molecule has 0 radical (unpaired) electrons. The van der Waals surface area contributed by atoms with Crippen molar-refractivity contribution in [3.05, 3.63) is 0 Å². The van der Waals surface area contributed by atoms with Crippen LogP contribution in [0.3, 0.4) is 0 Å². The standard InChI is InChI=1S/C10H16B7N/c11-3-1-2(5(13)7(15)6(3)14)10(18)9(17)8(16)4(1)12/h11-18H2. The zero-order valence-electron chi connectivity index (χ0n) is 12.6. The molecule has 0 atom stereocenters. The molecule has 0 aromatic heterocycles. The summed E-state index contributed by atoms with van der Waals surface area (Å²) < 4.78 is 0. The smallest absolute Gasteiger partial charge is 0.141 e. The molecule has 2 aromatic rings. The third-order valence-corrected chi connectivity index (χ3v) is 4.86. The summed E-state index contributed by atoms with van der Waals surface area (Å²) in [5.74, 6) is 0. The molecule has 0 saturated heterocycles. The first-order valence-corrected chi connectivity index (χ1v) is 6.54. The van der Waals surface area contributed by atoms with Gasteiger partial charge in [0, 0.05) is 5.69 Å². The van der Waals surface area contributed by atoms with Gasteiger partial charge in [0.2, 0.25) is 0 Å². The van der Waals surface area contributed by atoms with Crippen molar-refractivity contribution in [1.82, 2.24) is 0 Å². The van der Waals surface area contributed by atoms with E-state index in [1.54, 1.807) is 0 Å². The molecule has 0 aliphatic rings. The lowest BCUT2D eigenvalue weighted by atomic mass is 9.60. The van der Waals surface area contributed by atoms with Gasteiger partial charge in [0.1, 0.15) is 54.9 Å². The van der Waals surface area contributed by atoms with E-state index < -0.39 is 0 Å². The highest BCUT2D eigenvalue weighted by atomic mass is 14.6. The van der Waals surface area contributed by atoms with Crippen molar-refractivity contribution in [1.29, 1.82) is 0 Å². The highest BCUT2D eigenvalue weighted by Gasteiger charge is 2.15. The van der Waals surface area contributed by atoms with Gasteiger partial charge in [-0.15, -0.1) is 10.9 Å². The minimum atomic E-state index is 0.955. The van der Waals surface area contributed by atoms with E-state index in [0.717, 1.165) is 5.69 Å². The van der Waals surface area contributed by atoms with Crippen molar-refractivity contribution in [3.8, 4) is 0 Å². The molecule has 0 aliphatic carbocycles. The summed E-state index contributed by atoms with van der Waals surface area (Å²) in [6, 6.07) is 0. The van der Waals surface area contributed by atoms with Crippen LogP contribution in [0.15, 0.2) is 0 Å². The Morgan fingerprint density at radius 2 is 0.778 bits per heavy atom. The van der Waals surface area contributed by atoms with E-state index in [0.29, 0.717) is 0 Å². The maximum atomic E-state index is 6.38. The van der Waals surface area contributed by atoms with Crippen LogP contribution in [0.25, 0.3) is 10.8 Å². The van der Waals surface area contributed by atoms with Gasteiger partial charge in [-0.05, 0) is 10.8 Å². The zero-order chi connectivity index (χ0) is 13.8. The van der Waals surface area contributed by atoms with Gasteiger partial charge >= 0.3 is 0 Å². The second-order valence-corrected chi connectivity index (χ2v) is 5.54. The van der Waals surface area contributed by atoms with Crippen molar-refractivity contribution in [2.24, 2.45) is 0 Å². The van der Waals surface area contributed by atoms with Crippen molar-refractivity contribution < 1.29 is 0 Å². The number of fused-ring (bicyclic) bond motifs is 1. The van der Waals surface area contributed by atoms with E-state index in [1.165, 1.54) is 49.0 Å². The number of hydrogen-bond donors (Lipinski definition) is 1. The summed E-state index contributed by atoms with van der Waals surface area (Å²) in [7, 11) is 15.3. The molecular formula is C10H16B7N. The molecule has 0 heterocycles. The summed E-state index contributed by atoms with van der Waals surface area (Å²) in [5, 5.41) is 2.62. The fraction of sp³-hybridized carbons (Fsp3) is 0. The van der Waals surface area contributed by atoms with Gasteiger partial charge in [-0.3, -0.25) is 0 Å². The Hall–Kier alpha value is -1.05. The van der Waals surface area contributed by atoms with Crippen LogP contribution in [-0.4, -0.2) is 54.9 Å². The van der Waals surface area contributed by atoms with Gasteiger partial charge in [-0.2, -0.15) is 0 Å². The lowest BCUT2D eigenvalue weighted by molar-refractivity contribution is 1.92.